The van der Waals surface area contributed by atoms with E-state index in [2.05, 4.69) is 20.8 Å². The maximum absolute atomic E-state index is 12.0. The van der Waals surface area contributed by atoms with E-state index in [1.54, 1.807) is 11.8 Å². The normalized spacial score (nSPS) is 11.9. The Morgan fingerprint density at radius 3 is 2.48 bits per heavy atom. The van der Waals surface area contributed by atoms with Gasteiger partial charge in [-0.15, -0.1) is 0 Å². The number of alkyl halides is 2. The van der Waals surface area contributed by atoms with E-state index in [1.807, 2.05) is 0 Å². The molecule has 0 bridgehead atoms. The van der Waals surface area contributed by atoms with Crippen LogP contribution >= 0.6 is 11.8 Å². The predicted octanol–water partition coefficient (Wildman–Crippen LogP) is 5.45. The van der Waals surface area contributed by atoms with Gasteiger partial charge in [0, 0.05) is 17.6 Å². The van der Waals surface area contributed by atoms with Gasteiger partial charge < -0.3 is 4.74 Å². The van der Waals surface area contributed by atoms with Crippen molar-refractivity contribution in [3.63, 3.8) is 0 Å². The van der Waals surface area contributed by atoms with E-state index in [0.29, 0.717) is 19.4 Å². The maximum Gasteiger partial charge on any atom is 0.305 e. The standard InChI is InChI=1S/C16H30F2O2S/c1-4-5-7-11-15(19)20-13-16(2,3)21-12-9-6-8-10-14(17)18/h14H,4-13H2,1-3H3. The molecule has 0 aromatic heterocycles. The van der Waals surface area contributed by atoms with Crippen LogP contribution in [0.3, 0.4) is 0 Å². The van der Waals surface area contributed by atoms with Gasteiger partial charge in [-0.3, -0.25) is 4.79 Å². The highest BCUT2D eigenvalue weighted by Gasteiger charge is 2.20. The molecule has 0 atom stereocenters. The van der Waals surface area contributed by atoms with Gasteiger partial charge in [0.2, 0.25) is 6.43 Å². The first-order chi connectivity index (χ1) is 9.87. The van der Waals surface area contributed by atoms with E-state index in [4.69, 9.17) is 4.74 Å². The molecule has 0 heterocycles. The fourth-order valence-electron chi connectivity index (χ4n) is 1.81. The molecule has 0 aliphatic heterocycles. The van der Waals surface area contributed by atoms with Crippen molar-refractivity contribution in [3.8, 4) is 0 Å². The minimum atomic E-state index is -2.18. The molecule has 0 rings (SSSR count). The Kier molecular flexibility index (Phi) is 12.1. The van der Waals surface area contributed by atoms with Gasteiger partial charge in [0.15, 0.2) is 0 Å². The summed E-state index contributed by atoms with van der Waals surface area (Å²) in [6.07, 6.45) is 3.74. The van der Waals surface area contributed by atoms with Crippen LogP contribution in [-0.2, 0) is 9.53 Å². The molecular formula is C16H30F2O2S. The summed E-state index contributed by atoms with van der Waals surface area (Å²) in [7, 11) is 0. The SMILES string of the molecule is CCCCCC(=O)OCC(C)(C)SCCCCCC(F)F. The molecule has 0 aliphatic carbocycles. The summed E-state index contributed by atoms with van der Waals surface area (Å²) in [5.74, 6) is 0.804. The Balaban J connectivity index is 3.61. The third-order valence-electron chi connectivity index (χ3n) is 3.12. The maximum atomic E-state index is 12.0. The third kappa shape index (κ3) is 14.4. The van der Waals surface area contributed by atoms with Gasteiger partial charge in [-0.25, -0.2) is 8.78 Å². The number of hydrogen-bond acceptors (Lipinski definition) is 3. The number of esters is 1. The first-order valence-electron chi connectivity index (χ1n) is 7.95. The van der Waals surface area contributed by atoms with Crippen LogP contribution in [-0.4, -0.2) is 29.5 Å². The molecule has 0 radical (unpaired) electrons. The molecule has 2 nitrogen and oxygen atoms in total. The summed E-state index contributed by atoms with van der Waals surface area (Å²) in [4.78, 5) is 11.5. The smallest absolute Gasteiger partial charge is 0.305 e. The summed E-state index contributed by atoms with van der Waals surface area (Å²) >= 11 is 1.74. The van der Waals surface area contributed by atoms with Crippen molar-refractivity contribution in [1.29, 1.82) is 0 Å². The fraction of sp³-hybridized carbons (Fsp3) is 0.938. The van der Waals surface area contributed by atoms with E-state index in [1.165, 1.54) is 0 Å². The molecule has 0 saturated carbocycles. The molecule has 0 fully saturated rings. The molecule has 126 valence electrons. The Morgan fingerprint density at radius 1 is 1.14 bits per heavy atom. The molecule has 0 aliphatic rings. The van der Waals surface area contributed by atoms with Gasteiger partial charge in [-0.2, -0.15) is 11.8 Å². The summed E-state index contributed by atoms with van der Waals surface area (Å²) in [6, 6.07) is 0. The molecule has 0 spiro atoms. The van der Waals surface area contributed by atoms with Crippen molar-refractivity contribution in [2.24, 2.45) is 0 Å². The van der Waals surface area contributed by atoms with Crippen molar-refractivity contribution in [2.75, 3.05) is 12.4 Å². The van der Waals surface area contributed by atoms with Gasteiger partial charge in [0.1, 0.15) is 6.61 Å². The Morgan fingerprint density at radius 2 is 1.86 bits per heavy atom. The van der Waals surface area contributed by atoms with E-state index in [0.717, 1.165) is 37.9 Å². The highest BCUT2D eigenvalue weighted by atomic mass is 32.2. The van der Waals surface area contributed by atoms with Gasteiger partial charge >= 0.3 is 5.97 Å². The van der Waals surface area contributed by atoms with Crippen LogP contribution in [0.1, 0.15) is 72.1 Å². The number of thioether (sulfide) groups is 1. The average Bonchev–Trinajstić information content (AvgIpc) is 2.40. The number of unbranched alkanes of at least 4 members (excludes halogenated alkanes) is 4. The van der Waals surface area contributed by atoms with Crippen LogP contribution in [0.2, 0.25) is 0 Å². The first-order valence-corrected chi connectivity index (χ1v) is 8.93. The lowest BCUT2D eigenvalue weighted by atomic mass is 10.2. The van der Waals surface area contributed by atoms with E-state index >= 15 is 0 Å². The van der Waals surface area contributed by atoms with Crippen molar-refractivity contribution in [3.05, 3.63) is 0 Å². The summed E-state index contributed by atoms with van der Waals surface area (Å²) < 4.78 is 29.1. The van der Waals surface area contributed by atoms with Crippen molar-refractivity contribution < 1.29 is 18.3 Å². The molecule has 0 unspecified atom stereocenters. The monoisotopic (exact) mass is 324 g/mol. The number of ether oxygens (including phenoxy) is 1. The number of carbonyl (C=O) groups excluding carboxylic acids is 1. The van der Waals surface area contributed by atoms with E-state index in [9.17, 15) is 13.6 Å². The van der Waals surface area contributed by atoms with Gasteiger partial charge in [-0.05, 0) is 38.9 Å². The van der Waals surface area contributed by atoms with Crippen LogP contribution in [0.15, 0.2) is 0 Å². The minimum Gasteiger partial charge on any atom is -0.464 e. The minimum absolute atomic E-state index is 0.00341. The largest absolute Gasteiger partial charge is 0.464 e. The molecule has 0 N–H and O–H groups in total. The molecule has 0 amide bonds. The lowest BCUT2D eigenvalue weighted by Crippen LogP contribution is -2.25. The van der Waals surface area contributed by atoms with Gasteiger partial charge in [-0.1, -0.05) is 26.2 Å². The van der Waals surface area contributed by atoms with Gasteiger partial charge in [0.25, 0.3) is 0 Å². The quantitative estimate of drug-likeness (QED) is 0.333. The second-order valence-electron chi connectivity index (χ2n) is 5.97. The molecular weight excluding hydrogens is 294 g/mol. The van der Waals surface area contributed by atoms with Crippen LogP contribution in [0.25, 0.3) is 0 Å². The van der Waals surface area contributed by atoms with Crippen molar-refractivity contribution in [2.45, 2.75) is 83.3 Å². The number of carbonyl (C=O) groups is 1. The third-order valence-corrected chi connectivity index (χ3v) is 4.52. The molecule has 0 aromatic carbocycles. The number of rotatable bonds is 13. The second kappa shape index (κ2) is 12.2. The highest BCUT2D eigenvalue weighted by molar-refractivity contribution is 8.00. The predicted molar refractivity (Wildman–Crippen MR) is 86.1 cm³/mol. The van der Waals surface area contributed by atoms with E-state index < -0.39 is 6.43 Å². The van der Waals surface area contributed by atoms with Crippen LogP contribution in [0, 0.1) is 0 Å². The van der Waals surface area contributed by atoms with Gasteiger partial charge in [0.05, 0.1) is 0 Å². The topological polar surface area (TPSA) is 26.3 Å². The van der Waals surface area contributed by atoms with Crippen LogP contribution < -0.4 is 0 Å². The lowest BCUT2D eigenvalue weighted by Gasteiger charge is -2.23. The Bertz CT molecular complexity index is 271. The zero-order valence-electron chi connectivity index (χ0n) is 13.6. The zero-order valence-corrected chi connectivity index (χ0v) is 14.4. The summed E-state index contributed by atoms with van der Waals surface area (Å²) in [6.45, 7) is 6.62. The van der Waals surface area contributed by atoms with Crippen molar-refractivity contribution >= 4 is 17.7 Å². The van der Waals surface area contributed by atoms with E-state index in [-0.39, 0.29) is 17.1 Å². The Hall–Kier alpha value is -0.320. The van der Waals surface area contributed by atoms with Crippen molar-refractivity contribution in [1.82, 2.24) is 0 Å². The average molecular weight is 324 g/mol. The highest BCUT2D eigenvalue weighted by Crippen LogP contribution is 2.26. The zero-order chi connectivity index (χ0) is 16.1. The molecule has 5 heteroatoms. The summed E-state index contributed by atoms with van der Waals surface area (Å²) in [5.41, 5.74) is 0. The first kappa shape index (κ1) is 20.7. The van der Waals surface area contributed by atoms with Crippen LogP contribution in [0.5, 0.6) is 0 Å². The van der Waals surface area contributed by atoms with Crippen LogP contribution in [0.4, 0.5) is 8.78 Å². The molecule has 21 heavy (non-hydrogen) atoms. The lowest BCUT2D eigenvalue weighted by molar-refractivity contribution is -0.144. The number of hydrogen-bond donors (Lipinski definition) is 0. The molecule has 0 aromatic rings. The fourth-order valence-corrected chi connectivity index (χ4v) is 2.86. The summed E-state index contributed by atoms with van der Waals surface area (Å²) in [5, 5.41) is 0. The molecule has 0 saturated heterocycles. The second-order valence-corrected chi connectivity index (χ2v) is 7.77. The Labute approximate surface area is 132 Å². The number of halogens is 2.